The molecule has 0 spiro atoms. The first-order valence-corrected chi connectivity index (χ1v) is 9.05. The van der Waals surface area contributed by atoms with Gasteiger partial charge in [-0.05, 0) is 30.4 Å². The van der Waals surface area contributed by atoms with Gasteiger partial charge in [-0.3, -0.25) is 0 Å². The third kappa shape index (κ3) is 3.48. The van der Waals surface area contributed by atoms with Crippen molar-refractivity contribution < 1.29 is 9.47 Å². The van der Waals surface area contributed by atoms with Crippen LogP contribution < -0.4 is 9.47 Å². The fraction of sp³-hybridized carbons (Fsp3) is 0.364. The Morgan fingerprint density at radius 1 is 0.708 bits per heavy atom. The second-order valence-electron chi connectivity index (χ2n) is 6.18. The molecule has 3 aromatic carbocycles. The average Bonchev–Trinajstić information content (AvgIpc) is 2.62. The fourth-order valence-corrected chi connectivity index (χ4v) is 2.95. The summed E-state index contributed by atoms with van der Waals surface area (Å²) in [6.45, 7) is 5.87. The fourth-order valence-electron chi connectivity index (χ4n) is 2.95. The minimum Gasteiger partial charge on any atom is -0.493 e. The summed E-state index contributed by atoms with van der Waals surface area (Å²) in [4.78, 5) is 0. The number of unbranched alkanes of at least 4 members (excludes halogenated alkanes) is 2. The summed E-state index contributed by atoms with van der Waals surface area (Å²) in [6.07, 6.45) is 4.41. The topological polar surface area (TPSA) is 18.5 Å². The molecule has 0 saturated heterocycles. The minimum absolute atomic E-state index is 0.751. The smallest absolute Gasteiger partial charge is 0.135 e. The molecule has 3 aromatic rings. The lowest BCUT2D eigenvalue weighted by Gasteiger charge is -2.15. The lowest BCUT2D eigenvalue weighted by molar-refractivity contribution is 0.311. The van der Waals surface area contributed by atoms with Gasteiger partial charge in [-0.25, -0.2) is 0 Å². The number of fused-ring (bicyclic) bond motifs is 2. The molecule has 3 rings (SSSR count). The van der Waals surface area contributed by atoms with E-state index in [0.717, 1.165) is 61.2 Å². The molecule has 0 aliphatic carbocycles. The van der Waals surface area contributed by atoms with E-state index >= 15 is 0 Å². The maximum Gasteiger partial charge on any atom is 0.135 e. The van der Waals surface area contributed by atoms with Crippen LogP contribution in [-0.2, 0) is 0 Å². The molecule has 0 heterocycles. The summed E-state index contributed by atoms with van der Waals surface area (Å²) < 4.78 is 12.2. The molecule has 0 bridgehead atoms. The van der Waals surface area contributed by atoms with Crippen LogP contribution in [0.2, 0.25) is 0 Å². The molecule has 0 unspecified atom stereocenters. The zero-order valence-corrected chi connectivity index (χ0v) is 14.7. The number of hydrogen-bond donors (Lipinski definition) is 0. The van der Waals surface area contributed by atoms with Crippen LogP contribution in [0.3, 0.4) is 0 Å². The summed E-state index contributed by atoms with van der Waals surface area (Å²) >= 11 is 0. The van der Waals surface area contributed by atoms with Gasteiger partial charge in [-0.15, -0.1) is 0 Å². The number of rotatable bonds is 8. The van der Waals surface area contributed by atoms with E-state index in [-0.39, 0.29) is 0 Å². The molecule has 0 N–H and O–H groups in total. The molecule has 0 radical (unpaired) electrons. The number of ether oxygens (including phenoxy) is 2. The van der Waals surface area contributed by atoms with Gasteiger partial charge in [-0.2, -0.15) is 0 Å². The molecule has 0 atom stereocenters. The van der Waals surface area contributed by atoms with Crippen molar-refractivity contribution in [1.82, 2.24) is 0 Å². The van der Waals surface area contributed by atoms with Crippen molar-refractivity contribution >= 4 is 21.5 Å². The summed E-state index contributed by atoms with van der Waals surface area (Å²) in [5.74, 6) is 1.93. The van der Waals surface area contributed by atoms with Gasteiger partial charge < -0.3 is 9.47 Å². The molecule has 0 fully saturated rings. The van der Waals surface area contributed by atoms with Crippen molar-refractivity contribution in [3.8, 4) is 11.5 Å². The normalized spacial score (nSPS) is 11.1. The van der Waals surface area contributed by atoms with Crippen LogP contribution in [0.5, 0.6) is 11.5 Å². The third-order valence-electron chi connectivity index (χ3n) is 4.32. The van der Waals surface area contributed by atoms with E-state index in [1.807, 2.05) is 0 Å². The third-order valence-corrected chi connectivity index (χ3v) is 4.32. The van der Waals surface area contributed by atoms with Gasteiger partial charge in [0.05, 0.1) is 13.2 Å². The zero-order valence-electron chi connectivity index (χ0n) is 14.7. The van der Waals surface area contributed by atoms with Gasteiger partial charge in [0, 0.05) is 16.2 Å². The lowest BCUT2D eigenvalue weighted by atomic mass is 10.0. The van der Waals surface area contributed by atoms with Crippen molar-refractivity contribution in [1.29, 1.82) is 0 Å². The predicted octanol–water partition coefficient (Wildman–Crippen LogP) is 6.35. The minimum atomic E-state index is 0.751. The summed E-state index contributed by atoms with van der Waals surface area (Å²) in [7, 11) is 0. The Labute approximate surface area is 144 Å². The Kier molecular flexibility index (Phi) is 5.58. The van der Waals surface area contributed by atoms with E-state index in [4.69, 9.17) is 9.47 Å². The van der Waals surface area contributed by atoms with Crippen molar-refractivity contribution in [2.45, 2.75) is 39.5 Å². The Balaban J connectivity index is 2.10. The van der Waals surface area contributed by atoms with Crippen LogP contribution in [0, 0.1) is 0 Å². The first kappa shape index (κ1) is 16.6. The average molecular weight is 322 g/mol. The molecule has 0 aliphatic heterocycles. The standard InChI is InChI=1S/C22H26O2/c1-3-5-14-23-21-13-9-12-19-20(21)16-17-10-7-8-11-18(17)22(19)24-15-6-4-2/h7-13,16H,3-6,14-15H2,1-2H3. The maximum absolute atomic E-state index is 6.20. The van der Waals surface area contributed by atoms with E-state index < -0.39 is 0 Å². The molecule has 126 valence electrons. The Morgan fingerprint density at radius 2 is 1.42 bits per heavy atom. The molecular formula is C22H26O2. The molecule has 24 heavy (non-hydrogen) atoms. The Hall–Kier alpha value is -2.22. The Morgan fingerprint density at radius 3 is 2.21 bits per heavy atom. The summed E-state index contributed by atoms with van der Waals surface area (Å²) in [6, 6.07) is 16.9. The number of hydrogen-bond acceptors (Lipinski definition) is 2. The van der Waals surface area contributed by atoms with Gasteiger partial charge in [0.2, 0.25) is 0 Å². The SMILES string of the molecule is CCCCOc1cccc2c(OCCCC)c3ccccc3cc12. The van der Waals surface area contributed by atoms with E-state index in [2.05, 4.69) is 62.4 Å². The van der Waals surface area contributed by atoms with Crippen LogP contribution in [-0.4, -0.2) is 13.2 Å². The highest BCUT2D eigenvalue weighted by molar-refractivity contribution is 6.07. The second-order valence-corrected chi connectivity index (χ2v) is 6.18. The lowest BCUT2D eigenvalue weighted by Crippen LogP contribution is -2.00. The highest BCUT2D eigenvalue weighted by Gasteiger charge is 2.12. The van der Waals surface area contributed by atoms with Gasteiger partial charge in [-0.1, -0.05) is 63.1 Å². The quantitative estimate of drug-likeness (QED) is 0.355. The van der Waals surface area contributed by atoms with Crippen molar-refractivity contribution in [3.63, 3.8) is 0 Å². The van der Waals surface area contributed by atoms with Gasteiger partial charge in [0.25, 0.3) is 0 Å². The van der Waals surface area contributed by atoms with Gasteiger partial charge >= 0.3 is 0 Å². The van der Waals surface area contributed by atoms with Crippen LogP contribution in [0.4, 0.5) is 0 Å². The molecular weight excluding hydrogens is 296 g/mol. The van der Waals surface area contributed by atoms with Gasteiger partial charge in [0.1, 0.15) is 11.5 Å². The van der Waals surface area contributed by atoms with E-state index in [1.54, 1.807) is 0 Å². The van der Waals surface area contributed by atoms with Crippen LogP contribution >= 0.6 is 0 Å². The largest absolute Gasteiger partial charge is 0.493 e. The highest BCUT2D eigenvalue weighted by atomic mass is 16.5. The van der Waals surface area contributed by atoms with Crippen LogP contribution in [0.1, 0.15) is 39.5 Å². The van der Waals surface area contributed by atoms with Crippen LogP contribution in [0.25, 0.3) is 21.5 Å². The molecule has 0 aromatic heterocycles. The summed E-state index contributed by atoms with van der Waals surface area (Å²) in [5.41, 5.74) is 0. The molecule has 0 aliphatic rings. The van der Waals surface area contributed by atoms with Crippen molar-refractivity contribution in [3.05, 3.63) is 48.5 Å². The van der Waals surface area contributed by atoms with Gasteiger partial charge in [0.15, 0.2) is 0 Å². The van der Waals surface area contributed by atoms with Crippen LogP contribution in [0.15, 0.2) is 48.5 Å². The predicted molar refractivity (Wildman–Crippen MR) is 102 cm³/mol. The molecule has 2 nitrogen and oxygen atoms in total. The zero-order chi connectivity index (χ0) is 16.8. The molecule has 0 saturated carbocycles. The summed E-state index contributed by atoms with van der Waals surface area (Å²) in [5, 5.41) is 4.65. The first-order chi connectivity index (χ1) is 11.8. The maximum atomic E-state index is 6.20. The van der Waals surface area contributed by atoms with Crippen molar-refractivity contribution in [2.75, 3.05) is 13.2 Å². The highest BCUT2D eigenvalue weighted by Crippen LogP contribution is 2.39. The number of benzene rings is 3. The van der Waals surface area contributed by atoms with E-state index in [1.165, 1.54) is 10.8 Å². The second kappa shape index (κ2) is 8.05. The molecule has 2 heteroatoms. The monoisotopic (exact) mass is 322 g/mol. The van der Waals surface area contributed by atoms with E-state index in [0.29, 0.717) is 0 Å². The first-order valence-electron chi connectivity index (χ1n) is 9.05. The van der Waals surface area contributed by atoms with E-state index in [9.17, 15) is 0 Å². The Bertz CT molecular complexity index is 808. The molecule has 0 amide bonds. The van der Waals surface area contributed by atoms with Crippen molar-refractivity contribution in [2.24, 2.45) is 0 Å².